The second-order valence-electron chi connectivity index (χ2n) is 14.9. The fourth-order valence-corrected chi connectivity index (χ4v) is 6.79. The first-order valence-electron chi connectivity index (χ1n) is 38.5. The predicted octanol–water partition coefficient (Wildman–Crippen LogP) is 28.2. The molecule has 8 rings (SSSR count). The van der Waals surface area contributed by atoms with E-state index in [1.807, 2.05) is 325 Å². The Balaban J connectivity index is -0.0000000302. The zero-order valence-electron chi connectivity index (χ0n) is 80.9. The number of carboxylic acids is 2. The molecule has 6 radical (unpaired) electrons. The van der Waals surface area contributed by atoms with E-state index in [0.717, 1.165) is 75.8 Å². The van der Waals surface area contributed by atoms with E-state index in [1.54, 1.807) is 77.7 Å². The normalized spacial score (nSPS) is 7.41. The average molecular weight is 2370 g/mol. The number of carbonyl (C=O) groups excluding carboxylic acids is 2. The molecule has 0 aliphatic heterocycles. The van der Waals surface area contributed by atoms with Crippen LogP contribution in [0.25, 0.3) is 43.6 Å². The van der Waals surface area contributed by atoms with Gasteiger partial charge in [-0.25, -0.2) is 40.7 Å². The monoisotopic (exact) mass is 2370 g/mol. The molecule has 4 aromatic heterocycles. The van der Waals surface area contributed by atoms with Gasteiger partial charge in [0, 0.05) is 276 Å². The smallest absolute Gasteiger partial charge is 0.323 e. The molecule has 4 aromatic carbocycles. The number of carboxylic acid groups (broad SMARTS) is 2. The molecule has 32 heteroatoms. The molecule has 0 fully saturated rings. The number of benzene rings is 4. The Kier molecular flexibility index (Phi) is 263. The summed E-state index contributed by atoms with van der Waals surface area (Å²) in [7, 11) is -9.50. The van der Waals surface area contributed by atoms with E-state index in [1.165, 1.54) is 6.42 Å². The first-order chi connectivity index (χ1) is 51.7. The van der Waals surface area contributed by atoms with E-state index in [-0.39, 0.29) is 235 Å². The van der Waals surface area contributed by atoms with Gasteiger partial charge in [-0.2, -0.15) is 20.8 Å². The molecule has 8 aromatic rings. The molecule has 0 spiro atoms. The fourth-order valence-electron chi connectivity index (χ4n) is 5.65. The quantitative estimate of drug-likeness (QED) is 0.0894. The van der Waals surface area contributed by atoms with Crippen LogP contribution >= 0.6 is 47.8 Å². The number of hydrogen-bond donors (Lipinski definition) is 6. The van der Waals surface area contributed by atoms with Crippen LogP contribution in [-0.4, -0.2) is 96.3 Å². The Morgan fingerprint density at radius 2 is 0.496 bits per heavy atom. The van der Waals surface area contributed by atoms with Crippen LogP contribution in [0.3, 0.4) is 0 Å². The average Bonchev–Trinajstić information content (AvgIpc) is 1.72. The third-order valence-corrected chi connectivity index (χ3v) is 9.49. The third-order valence-electron chi connectivity index (χ3n) is 8.01. The first-order valence-corrected chi connectivity index (χ1v) is 46.8. The zero-order valence-corrected chi connectivity index (χ0v) is 105. The Morgan fingerprint density at radius 1 is 0.333 bits per heavy atom. The van der Waals surface area contributed by atoms with Crippen molar-refractivity contribution in [2.24, 2.45) is 15.4 Å². The van der Waals surface area contributed by atoms with E-state index in [2.05, 4.69) is 97.8 Å². The first kappa shape index (κ1) is 195. The maximum atomic E-state index is 11.2. The van der Waals surface area contributed by atoms with Crippen molar-refractivity contribution in [2.45, 2.75) is 297 Å². The number of rotatable bonds is 4. The van der Waals surface area contributed by atoms with Crippen molar-refractivity contribution in [3.8, 4) is 0 Å². The molecule has 0 atom stereocenters. The van der Waals surface area contributed by atoms with E-state index in [0.29, 0.717) is 0 Å². The van der Waals surface area contributed by atoms with Gasteiger partial charge in [-0.15, -0.1) is 0 Å². The summed E-state index contributed by atoms with van der Waals surface area (Å²) >= 11 is 10.1. The zero-order chi connectivity index (χ0) is 92.4. The van der Waals surface area contributed by atoms with Crippen LogP contribution in [0.15, 0.2) is 141 Å². The maximum Gasteiger partial charge on any atom is 0.323 e. The predicted molar refractivity (Wildman–Crippen MR) is 518 cm³/mol. The van der Waals surface area contributed by atoms with E-state index in [9.17, 15) is 44.4 Å². The maximum absolute atomic E-state index is 11.2. The Labute approximate surface area is 900 Å². The van der Waals surface area contributed by atoms with Crippen molar-refractivity contribution in [2.75, 3.05) is 18.8 Å². The van der Waals surface area contributed by atoms with Crippen molar-refractivity contribution in [1.29, 1.82) is 0 Å². The van der Waals surface area contributed by atoms with E-state index < -0.39 is 42.0 Å². The summed E-state index contributed by atoms with van der Waals surface area (Å²) in [6.45, 7) is 86.4. The molecule has 0 aliphatic rings. The SMILES string of the molecule is C.CC.CC.CC.CC.CC.CC.CC.CC.CC.CC.CC.CC.CC.CC.CC.CC.CC(=O)n1ccc2cc(Br)ccc21.CC(=O)n1ccc2cc(Br)ccc21.CCC.CS(N)(=O)=O.CS(N)(=O)=O.CS(N)(=O)=O.N.O=C(O)Cn1ccc2cc(Br)ccc21.O=C(O)Cn1ccc2ccccc21.[CH2-]C.[CH2-]C.[CH2-]C.[Y].[Y].[Y].[Y].[Y].[Y]. The Bertz CT molecular complexity index is 3280. The number of nitrogens with two attached hydrogens (primary N) is 3. The summed E-state index contributed by atoms with van der Waals surface area (Å²) in [5.41, 5.74) is 3.81. The second kappa shape index (κ2) is 158. The van der Waals surface area contributed by atoms with Crippen LogP contribution in [0, 0.1) is 20.8 Å². The van der Waals surface area contributed by atoms with Gasteiger partial charge in [0.2, 0.25) is 41.9 Å². The molecule has 117 heavy (non-hydrogen) atoms. The minimum absolute atomic E-state index is 0. The summed E-state index contributed by atoms with van der Waals surface area (Å²) in [6, 6.07) is 32.9. The van der Waals surface area contributed by atoms with Crippen LogP contribution in [-0.2, 0) is 249 Å². The molecule has 0 unspecified atom stereocenters. The molecular weight excluding hydrogens is 2190 g/mol. The minimum atomic E-state index is -3.17. The van der Waals surface area contributed by atoms with Gasteiger partial charge in [0.1, 0.15) is 13.1 Å². The van der Waals surface area contributed by atoms with Crippen LogP contribution in [0.1, 0.15) is 293 Å². The molecule has 0 aliphatic carbocycles. The summed E-state index contributed by atoms with van der Waals surface area (Å²) in [6.07, 6.45) is 11.2. The van der Waals surface area contributed by atoms with Crippen molar-refractivity contribution < 1.29 is 251 Å². The van der Waals surface area contributed by atoms with Crippen LogP contribution in [0.2, 0.25) is 0 Å². The summed E-state index contributed by atoms with van der Waals surface area (Å²) in [5, 5.41) is 34.5. The number of nitrogens with zero attached hydrogens (tertiary/aromatic N) is 4. The number of aromatic nitrogens is 4. The van der Waals surface area contributed by atoms with E-state index in [4.69, 9.17) is 10.2 Å². The topological polar surface area (TPSA) is 344 Å². The van der Waals surface area contributed by atoms with Gasteiger partial charge >= 0.3 is 11.9 Å². The third kappa shape index (κ3) is 146. The fraction of sp³-hybridized carbons (Fsp3) is 0.541. The van der Waals surface area contributed by atoms with Crippen molar-refractivity contribution in [1.82, 2.24) is 24.4 Å². The van der Waals surface area contributed by atoms with Gasteiger partial charge < -0.3 is 46.3 Å². The number of primary sulfonamides is 3. The largest absolute Gasteiger partial charge is 0.480 e. The van der Waals surface area contributed by atoms with Gasteiger partial charge in [0.05, 0.1) is 29.8 Å². The van der Waals surface area contributed by atoms with Crippen molar-refractivity contribution in [3.63, 3.8) is 0 Å². The molecule has 11 N–H and O–H groups in total. The molecule has 686 valence electrons. The van der Waals surface area contributed by atoms with Crippen LogP contribution in [0.5, 0.6) is 0 Å². The molecular formula is C85H174Br3N8O12S3Y6-3. The molecule has 0 saturated carbocycles. The molecule has 0 saturated heterocycles. The van der Waals surface area contributed by atoms with Crippen molar-refractivity contribution >= 4 is 145 Å². The second-order valence-corrected chi connectivity index (χ2v) is 22.7. The number of fused-ring (bicyclic) bond motifs is 4. The van der Waals surface area contributed by atoms with Gasteiger partial charge in [0.15, 0.2) is 0 Å². The van der Waals surface area contributed by atoms with Gasteiger partial charge in [-0.05, 0) is 90.3 Å². The number of sulfonamides is 3. The van der Waals surface area contributed by atoms with Gasteiger partial charge in [-0.3, -0.25) is 28.3 Å². The molecule has 0 amide bonds. The van der Waals surface area contributed by atoms with Gasteiger partial charge in [-0.1, -0.05) is 315 Å². The van der Waals surface area contributed by atoms with Crippen LogP contribution in [0.4, 0.5) is 0 Å². The summed E-state index contributed by atoms with van der Waals surface area (Å²) in [5.74, 6) is -1.57. The standard InChI is InChI=1S/C10H8BrNO2.2C10H8BrNO.C10H9NO2.C3H8.16C2H6.3C2H5.3CH5NO2S.CH4.H3N.6Y/c11-8-1-2-9-7(5-8)3-4-12(9)6-10(13)14;2*1-7(13)12-5-4-8-6-9(11)2-3-10(8)12;12-10(13)7-11-6-5-8-3-1-2-4-9(8)11;1-3-2;19*1-2;3*1-5(2,3)4;;;;;;;;/h1-5H,6H2,(H,13,14);2*2-6H,1H3;1-6H,7H2,(H,12,13);3H2,1-2H3;16*1-2H3;3*1H2,2H3;3*1H3,(H2,2,3,4);1H4;1H3;;;;;;/q;;;;;;;;;;;;;;;;;;;;;3*-1;;;;;;;;;;;. The molecule has 0 bridgehead atoms. The van der Waals surface area contributed by atoms with Crippen LogP contribution < -0.4 is 21.6 Å². The van der Waals surface area contributed by atoms with Gasteiger partial charge in [0.25, 0.3) is 0 Å². The number of aliphatic carboxylic acids is 2. The number of para-hydroxylation sites is 1. The molecule has 4 heterocycles. The Hall–Kier alpha value is 1.07. The minimum Gasteiger partial charge on any atom is -0.480 e. The number of halogens is 3. The Morgan fingerprint density at radius 3 is 0.692 bits per heavy atom. The number of hydrogen-bond acceptors (Lipinski definition) is 11. The summed E-state index contributed by atoms with van der Waals surface area (Å²) < 4.78 is 66.2. The summed E-state index contributed by atoms with van der Waals surface area (Å²) in [4.78, 5) is 43.3. The van der Waals surface area contributed by atoms with E-state index >= 15 is 0 Å². The molecule has 20 nitrogen and oxygen atoms in total. The van der Waals surface area contributed by atoms with Crippen molar-refractivity contribution in [3.05, 3.63) is 162 Å². The number of carbonyl (C=O) groups is 4.